The number of para-hydroxylation sites is 1. The summed E-state index contributed by atoms with van der Waals surface area (Å²) in [6, 6.07) is 13.5. The van der Waals surface area contributed by atoms with E-state index in [0.717, 1.165) is 28.5 Å². The Balaban J connectivity index is 1.66. The number of nitrogens with one attached hydrogen (secondary N) is 2. The summed E-state index contributed by atoms with van der Waals surface area (Å²) >= 11 is 0. The van der Waals surface area contributed by atoms with E-state index in [2.05, 4.69) is 15.7 Å². The maximum absolute atomic E-state index is 12.3. The van der Waals surface area contributed by atoms with Gasteiger partial charge in [-0.25, -0.2) is 4.68 Å². The van der Waals surface area contributed by atoms with Crippen LogP contribution < -0.4 is 10.6 Å². The van der Waals surface area contributed by atoms with Crippen molar-refractivity contribution in [2.24, 2.45) is 0 Å². The van der Waals surface area contributed by atoms with Crippen LogP contribution in [-0.2, 0) is 4.79 Å². The van der Waals surface area contributed by atoms with E-state index in [9.17, 15) is 4.79 Å². The summed E-state index contributed by atoms with van der Waals surface area (Å²) in [5.74, 6) is 0.689. The predicted octanol–water partition coefficient (Wildman–Crippen LogP) is 3.37. The van der Waals surface area contributed by atoms with E-state index in [-0.39, 0.29) is 18.5 Å². The van der Waals surface area contributed by atoms with Crippen LogP contribution in [0.1, 0.15) is 30.1 Å². The highest BCUT2D eigenvalue weighted by molar-refractivity contribution is 5.93. The molecule has 3 rings (SSSR count). The first-order chi connectivity index (χ1) is 12.1. The van der Waals surface area contributed by atoms with Crippen LogP contribution in [0.25, 0.3) is 5.69 Å². The molecule has 0 fully saturated rings. The van der Waals surface area contributed by atoms with Crippen molar-refractivity contribution in [1.29, 1.82) is 0 Å². The average Bonchev–Trinajstić information content (AvgIpc) is 3.25. The number of carbonyl (C=O) groups excluding carboxylic acids is 1. The first-order valence-corrected chi connectivity index (χ1v) is 8.24. The number of hydrogen-bond acceptors (Lipinski definition) is 4. The van der Waals surface area contributed by atoms with E-state index in [4.69, 9.17) is 4.42 Å². The number of amides is 1. The molecule has 2 N–H and O–H groups in total. The second-order valence-electron chi connectivity index (χ2n) is 5.96. The normalized spacial score (nSPS) is 12.1. The van der Waals surface area contributed by atoms with E-state index in [1.54, 1.807) is 6.26 Å². The molecule has 2 aromatic heterocycles. The van der Waals surface area contributed by atoms with Crippen LogP contribution in [0, 0.1) is 13.8 Å². The molecule has 0 bridgehead atoms. The number of rotatable bonds is 6. The summed E-state index contributed by atoms with van der Waals surface area (Å²) in [7, 11) is 0. The van der Waals surface area contributed by atoms with Crippen LogP contribution >= 0.6 is 0 Å². The zero-order chi connectivity index (χ0) is 17.8. The third-order valence-corrected chi connectivity index (χ3v) is 4.10. The third kappa shape index (κ3) is 3.80. The highest BCUT2D eigenvalue weighted by Gasteiger charge is 2.16. The first-order valence-electron chi connectivity index (χ1n) is 8.24. The van der Waals surface area contributed by atoms with Crippen LogP contribution in [0.2, 0.25) is 0 Å². The van der Waals surface area contributed by atoms with Crippen molar-refractivity contribution in [1.82, 2.24) is 15.1 Å². The van der Waals surface area contributed by atoms with Crippen molar-refractivity contribution in [2.45, 2.75) is 26.8 Å². The Morgan fingerprint density at radius 3 is 2.64 bits per heavy atom. The van der Waals surface area contributed by atoms with Gasteiger partial charge in [-0.15, -0.1) is 0 Å². The van der Waals surface area contributed by atoms with Gasteiger partial charge >= 0.3 is 0 Å². The summed E-state index contributed by atoms with van der Waals surface area (Å²) in [6.07, 6.45) is 1.62. The number of nitrogens with zero attached hydrogens (tertiary/aromatic N) is 2. The molecule has 0 aliphatic rings. The van der Waals surface area contributed by atoms with Crippen molar-refractivity contribution >= 4 is 11.6 Å². The number of hydrogen-bond donors (Lipinski definition) is 2. The zero-order valence-electron chi connectivity index (χ0n) is 14.6. The molecule has 0 radical (unpaired) electrons. The van der Waals surface area contributed by atoms with Gasteiger partial charge < -0.3 is 9.73 Å². The van der Waals surface area contributed by atoms with Crippen molar-refractivity contribution in [3.05, 3.63) is 65.9 Å². The van der Waals surface area contributed by atoms with Gasteiger partial charge in [-0.05, 0) is 45.0 Å². The maximum Gasteiger partial charge on any atom is 0.238 e. The second-order valence-corrected chi connectivity index (χ2v) is 5.96. The van der Waals surface area contributed by atoms with Crippen molar-refractivity contribution in [2.75, 3.05) is 11.9 Å². The molecular weight excluding hydrogens is 316 g/mol. The number of carbonyl (C=O) groups is 1. The van der Waals surface area contributed by atoms with Crippen LogP contribution in [0.4, 0.5) is 5.69 Å². The summed E-state index contributed by atoms with van der Waals surface area (Å²) in [6.45, 7) is 5.98. The molecule has 3 aromatic rings. The molecule has 130 valence electrons. The lowest BCUT2D eigenvalue weighted by atomic mass is 10.2. The molecule has 0 saturated heterocycles. The Morgan fingerprint density at radius 1 is 1.20 bits per heavy atom. The van der Waals surface area contributed by atoms with E-state index in [1.165, 1.54) is 0 Å². The molecule has 2 heterocycles. The van der Waals surface area contributed by atoms with Crippen LogP contribution in [0.3, 0.4) is 0 Å². The maximum atomic E-state index is 12.3. The number of benzene rings is 1. The van der Waals surface area contributed by atoms with Crippen LogP contribution in [0.15, 0.2) is 53.1 Å². The van der Waals surface area contributed by atoms with Gasteiger partial charge in [0, 0.05) is 0 Å². The zero-order valence-corrected chi connectivity index (χ0v) is 14.6. The first kappa shape index (κ1) is 17.0. The Bertz CT molecular complexity index is 838. The quantitative estimate of drug-likeness (QED) is 0.723. The van der Waals surface area contributed by atoms with E-state index < -0.39 is 0 Å². The van der Waals surface area contributed by atoms with Crippen molar-refractivity contribution in [3.8, 4) is 5.69 Å². The number of aromatic nitrogens is 2. The summed E-state index contributed by atoms with van der Waals surface area (Å²) in [4.78, 5) is 12.3. The number of aryl methyl sites for hydroxylation is 1. The standard InChI is InChI=1S/C19H22N4O2/c1-13(17-10-7-11-25-17)20-12-18(24)21-19-14(2)22-23(15(19)3)16-8-5-4-6-9-16/h4-11,13,20H,12H2,1-3H3,(H,21,24)/t13-/m0/s1. The molecule has 1 aromatic carbocycles. The molecule has 0 aliphatic heterocycles. The number of anilines is 1. The molecule has 25 heavy (non-hydrogen) atoms. The summed E-state index contributed by atoms with van der Waals surface area (Å²) in [5.41, 5.74) is 3.40. The average molecular weight is 338 g/mol. The van der Waals surface area contributed by atoms with Crippen molar-refractivity contribution < 1.29 is 9.21 Å². The highest BCUT2D eigenvalue weighted by Crippen LogP contribution is 2.22. The van der Waals surface area contributed by atoms with Gasteiger partial charge in [0.25, 0.3) is 0 Å². The Labute approximate surface area is 146 Å². The fraction of sp³-hybridized carbons (Fsp3) is 0.263. The third-order valence-electron chi connectivity index (χ3n) is 4.10. The topological polar surface area (TPSA) is 72.1 Å². The van der Waals surface area contributed by atoms with Crippen molar-refractivity contribution in [3.63, 3.8) is 0 Å². The largest absolute Gasteiger partial charge is 0.468 e. The second kappa shape index (κ2) is 7.36. The smallest absolute Gasteiger partial charge is 0.238 e. The molecule has 0 aliphatic carbocycles. The molecular formula is C19H22N4O2. The van der Waals surface area contributed by atoms with Gasteiger partial charge in [0.05, 0.1) is 41.6 Å². The van der Waals surface area contributed by atoms with Gasteiger partial charge in [-0.2, -0.15) is 5.10 Å². The minimum atomic E-state index is -0.114. The fourth-order valence-corrected chi connectivity index (χ4v) is 2.71. The lowest BCUT2D eigenvalue weighted by Crippen LogP contribution is -2.30. The molecule has 6 heteroatoms. The predicted molar refractivity (Wildman–Crippen MR) is 96.8 cm³/mol. The summed E-state index contributed by atoms with van der Waals surface area (Å²) < 4.78 is 7.17. The van der Waals surface area contributed by atoms with Gasteiger partial charge in [0.1, 0.15) is 5.76 Å². The van der Waals surface area contributed by atoms with E-state index in [0.29, 0.717) is 0 Å². The molecule has 0 unspecified atom stereocenters. The summed E-state index contributed by atoms with van der Waals surface area (Å²) in [5, 5.41) is 10.6. The minimum absolute atomic E-state index is 0.0324. The Morgan fingerprint density at radius 2 is 1.96 bits per heavy atom. The fourth-order valence-electron chi connectivity index (χ4n) is 2.71. The van der Waals surface area contributed by atoms with Crippen LogP contribution in [0.5, 0.6) is 0 Å². The SMILES string of the molecule is Cc1nn(-c2ccccc2)c(C)c1NC(=O)CN[C@@H](C)c1ccco1. The van der Waals surface area contributed by atoms with Gasteiger partial charge in [0.2, 0.25) is 5.91 Å². The molecule has 6 nitrogen and oxygen atoms in total. The minimum Gasteiger partial charge on any atom is -0.468 e. The van der Waals surface area contributed by atoms with Crippen LogP contribution in [-0.4, -0.2) is 22.2 Å². The molecule has 1 atom stereocenters. The van der Waals surface area contributed by atoms with E-state index in [1.807, 2.05) is 67.9 Å². The van der Waals surface area contributed by atoms with Gasteiger partial charge in [0.15, 0.2) is 0 Å². The van der Waals surface area contributed by atoms with Gasteiger partial charge in [-0.1, -0.05) is 18.2 Å². The van der Waals surface area contributed by atoms with Gasteiger partial charge in [-0.3, -0.25) is 10.1 Å². The molecule has 0 spiro atoms. The number of furan rings is 1. The Hall–Kier alpha value is -2.86. The lowest BCUT2D eigenvalue weighted by Gasteiger charge is -2.11. The molecule has 0 saturated carbocycles. The monoisotopic (exact) mass is 338 g/mol. The van der Waals surface area contributed by atoms with E-state index >= 15 is 0 Å². The Kier molecular flexibility index (Phi) is 5.00. The lowest BCUT2D eigenvalue weighted by molar-refractivity contribution is -0.115. The molecule has 1 amide bonds. The highest BCUT2D eigenvalue weighted by atomic mass is 16.3.